The molecular formula is C44H37N3. The van der Waals surface area contributed by atoms with Crippen molar-refractivity contribution in [2.24, 2.45) is 0 Å². The molecule has 228 valence electrons. The monoisotopic (exact) mass is 607 g/mol. The van der Waals surface area contributed by atoms with Crippen LogP contribution in [0.5, 0.6) is 0 Å². The SMILES string of the molecule is CC1(C)c2cc(C=Cc3ccc(N4c5ccccc5Cc5ccccc54)cn3)ccc2-c2ccc(N3CCCc4ccccc43)cc21. The molecule has 1 aromatic heterocycles. The Morgan fingerprint density at radius 2 is 1.26 bits per heavy atom. The Morgan fingerprint density at radius 1 is 0.617 bits per heavy atom. The summed E-state index contributed by atoms with van der Waals surface area (Å²) in [5, 5.41) is 0. The van der Waals surface area contributed by atoms with Crippen LogP contribution in [0.15, 0.2) is 128 Å². The fourth-order valence-corrected chi connectivity index (χ4v) is 8.00. The summed E-state index contributed by atoms with van der Waals surface area (Å²) >= 11 is 0. The number of hydrogen-bond acceptors (Lipinski definition) is 3. The number of para-hydroxylation sites is 3. The number of nitrogens with zero attached hydrogens (tertiary/aromatic N) is 3. The van der Waals surface area contributed by atoms with Gasteiger partial charge in [-0.15, -0.1) is 0 Å². The van der Waals surface area contributed by atoms with E-state index in [-0.39, 0.29) is 5.41 Å². The molecule has 1 aliphatic carbocycles. The molecule has 5 aromatic carbocycles. The van der Waals surface area contributed by atoms with Crippen molar-refractivity contribution in [2.45, 2.75) is 38.5 Å². The van der Waals surface area contributed by atoms with Crippen LogP contribution >= 0.6 is 0 Å². The molecule has 0 atom stereocenters. The summed E-state index contributed by atoms with van der Waals surface area (Å²) in [4.78, 5) is 9.73. The van der Waals surface area contributed by atoms with E-state index >= 15 is 0 Å². The fraction of sp³-hybridized carbons (Fsp3) is 0.159. The molecule has 0 saturated carbocycles. The van der Waals surface area contributed by atoms with E-state index in [9.17, 15) is 0 Å². The third-order valence-electron chi connectivity index (χ3n) is 10.4. The summed E-state index contributed by atoms with van der Waals surface area (Å²) < 4.78 is 0. The second kappa shape index (κ2) is 10.8. The molecule has 0 bridgehead atoms. The average molecular weight is 608 g/mol. The molecule has 0 fully saturated rings. The average Bonchev–Trinajstić information content (AvgIpc) is 3.34. The van der Waals surface area contributed by atoms with Crippen LogP contribution < -0.4 is 9.80 Å². The van der Waals surface area contributed by atoms with Crippen molar-refractivity contribution in [3.8, 4) is 11.1 Å². The van der Waals surface area contributed by atoms with E-state index < -0.39 is 0 Å². The highest BCUT2D eigenvalue weighted by molar-refractivity contribution is 5.86. The summed E-state index contributed by atoms with van der Waals surface area (Å²) in [6, 6.07) is 44.6. The lowest BCUT2D eigenvalue weighted by Gasteiger charge is -2.33. The molecule has 0 amide bonds. The van der Waals surface area contributed by atoms with Crippen LogP contribution in [0.3, 0.4) is 0 Å². The second-order valence-electron chi connectivity index (χ2n) is 13.6. The van der Waals surface area contributed by atoms with Crippen LogP contribution in [0.25, 0.3) is 23.3 Å². The Balaban J connectivity index is 0.987. The van der Waals surface area contributed by atoms with Crippen LogP contribution in [0.2, 0.25) is 0 Å². The van der Waals surface area contributed by atoms with E-state index in [4.69, 9.17) is 4.98 Å². The van der Waals surface area contributed by atoms with E-state index in [0.29, 0.717) is 0 Å². The van der Waals surface area contributed by atoms with Gasteiger partial charge in [0.1, 0.15) is 0 Å². The van der Waals surface area contributed by atoms with Gasteiger partial charge in [-0.3, -0.25) is 4.98 Å². The maximum atomic E-state index is 4.89. The van der Waals surface area contributed by atoms with Crippen molar-refractivity contribution in [1.29, 1.82) is 0 Å². The van der Waals surface area contributed by atoms with Gasteiger partial charge in [-0.05, 0) is 106 Å². The molecule has 0 unspecified atom stereocenters. The van der Waals surface area contributed by atoms with Crippen molar-refractivity contribution in [3.63, 3.8) is 0 Å². The van der Waals surface area contributed by atoms with Gasteiger partial charge in [0.05, 0.1) is 17.6 Å². The molecule has 2 aliphatic heterocycles. The zero-order chi connectivity index (χ0) is 31.5. The van der Waals surface area contributed by atoms with E-state index in [0.717, 1.165) is 30.8 Å². The summed E-state index contributed by atoms with van der Waals surface area (Å²) in [6.07, 6.45) is 9.62. The smallest absolute Gasteiger partial charge is 0.0645 e. The van der Waals surface area contributed by atoms with Gasteiger partial charge in [0.25, 0.3) is 0 Å². The van der Waals surface area contributed by atoms with E-state index in [1.165, 1.54) is 73.7 Å². The number of rotatable bonds is 4. The number of aromatic nitrogens is 1. The number of aryl methyl sites for hydroxylation is 1. The quantitative estimate of drug-likeness (QED) is 0.198. The highest BCUT2D eigenvalue weighted by atomic mass is 15.2. The summed E-state index contributed by atoms with van der Waals surface area (Å²) in [5.41, 5.74) is 17.9. The van der Waals surface area contributed by atoms with Crippen LogP contribution in [0.4, 0.5) is 28.4 Å². The van der Waals surface area contributed by atoms with E-state index in [2.05, 4.69) is 157 Å². The maximum absolute atomic E-state index is 4.89. The minimum Gasteiger partial charge on any atom is -0.341 e. The molecule has 47 heavy (non-hydrogen) atoms. The van der Waals surface area contributed by atoms with Gasteiger partial charge in [-0.2, -0.15) is 0 Å². The molecule has 0 saturated heterocycles. The molecular weight excluding hydrogens is 571 g/mol. The van der Waals surface area contributed by atoms with Crippen LogP contribution in [-0.4, -0.2) is 11.5 Å². The predicted octanol–water partition coefficient (Wildman–Crippen LogP) is 11.0. The lowest BCUT2D eigenvalue weighted by Crippen LogP contribution is -2.25. The molecule has 3 heteroatoms. The highest BCUT2D eigenvalue weighted by Crippen LogP contribution is 2.51. The Labute approximate surface area is 277 Å². The number of fused-ring (bicyclic) bond motifs is 6. The molecule has 3 aliphatic rings. The molecule has 9 rings (SSSR count). The third-order valence-corrected chi connectivity index (χ3v) is 10.4. The molecule has 0 radical (unpaired) electrons. The van der Waals surface area contributed by atoms with Gasteiger partial charge in [0.15, 0.2) is 0 Å². The van der Waals surface area contributed by atoms with Gasteiger partial charge in [-0.25, -0.2) is 0 Å². The van der Waals surface area contributed by atoms with E-state index in [1.807, 2.05) is 6.20 Å². The zero-order valence-corrected chi connectivity index (χ0v) is 26.9. The van der Waals surface area contributed by atoms with Gasteiger partial charge in [-0.1, -0.05) is 98.8 Å². The first kappa shape index (κ1) is 27.9. The minimum atomic E-state index is -0.0826. The summed E-state index contributed by atoms with van der Waals surface area (Å²) in [5.74, 6) is 0. The number of pyridine rings is 1. The van der Waals surface area contributed by atoms with Crippen LogP contribution in [-0.2, 0) is 18.3 Å². The molecule has 6 aromatic rings. The largest absolute Gasteiger partial charge is 0.341 e. The van der Waals surface area contributed by atoms with Crippen molar-refractivity contribution in [1.82, 2.24) is 4.98 Å². The first-order valence-electron chi connectivity index (χ1n) is 16.8. The Kier molecular flexibility index (Phi) is 6.43. The standard InChI is InChI=1S/C44H37N3/c1-44(2)39-26-30(18-23-37(39)38-24-22-35(28-40(38)44)46-25-9-13-31-10-3-6-14-41(31)46)17-19-34-20-21-36(29-45-34)47-42-15-7-4-11-32(42)27-33-12-5-8-16-43(33)47/h3-8,10-12,14-24,26,28-29H,9,13,25,27H2,1-2H3. The normalized spacial score (nSPS) is 15.5. The summed E-state index contributed by atoms with van der Waals surface area (Å²) in [7, 11) is 0. The number of benzene rings is 5. The first-order valence-corrected chi connectivity index (χ1v) is 16.8. The Bertz CT molecular complexity index is 2140. The van der Waals surface area contributed by atoms with Crippen LogP contribution in [0.1, 0.15) is 59.3 Å². The predicted molar refractivity (Wildman–Crippen MR) is 196 cm³/mol. The van der Waals surface area contributed by atoms with E-state index in [1.54, 1.807) is 0 Å². The Hall–Kier alpha value is -5.41. The van der Waals surface area contributed by atoms with Gasteiger partial charge >= 0.3 is 0 Å². The summed E-state index contributed by atoms with van der Waals surface area (Å²) in [6.45, 7) is 5.80. The van der Waals surface area contributed by atoms with Crippen molar-refractivity contribution in [3.05, 3.63) is 167 Å². The minimum absolute atomic E-state index is 0.0826. The van der Waals surface area contributed by atoms with Crippen LogP contribution in [0, 0.1) is 0 Å². The molecule has 0 N–H and O–H groups in total. The maximum Gasteiger partial charge on any atom is 0.0645 e. The molecule has 3 nitrogen and oxygen atoms in total. The van der Waals surface area contributed by atoms with Gasteiger partial charge in [0, 0.05) is 41.1 Å². The van der Waals surface area contributed by atoms with Gasteiger partial charge in [0.2, 0.25) is 0 Å². The lowest BCUT2D eigenvalue weighted by atomic mass is 9.81. The Morgan fingerprint density at radius 3 is 1.98 bits per heavy atom. The van der Waals surface area contributed by atoms with Gasteiger partial charge < -0.3 is 9.80 Å². The second-order valence-corrected chi connectivity index (χ2v) is 13.6. The number of anilines is 5. The first-order chi connectivity index (χ1) is 23.0. The van der Waals surface area contributed by atoms with Crippen molar-refractivity contribution in [2.75, 3.05) is 16.3 Å². The zero-order valence-electron chi connectivity index (χ0n) is 26.9. The third kappa shape index (κ3) is 4.60. The molecule has 0 spiro atoms. The number of hydrogen-bond donors (Lipinski definition) is 0. The molecule has 3 heterocycles. The fourth-order valence-electron chi connectivity index (χ4n) is 8.00. The topological polar surface area (TPSA) is 19.4 Å². The van der Waals surface area contributed by atoms with Crippen molar-refractivity contribution >= 4 is 40.6 Å². The van der Waals surface area contributed by atoms with Crippen molar-refractivity contribution < 1.29 is 0 Å². The lowest BCUT2D eigenvalue weighted by molar-refractivity contribution is 0.659. The highest BCUT2D eigenvalue weighted by Gasteiger charge is 2.36.